The third-order valence-corrected chi connectivity index (χ3v) is 5.49. The number of aromatic nitrogens is 2. The summed E-state index contributed by atoms with van der Waals surface area (Å²) in [5, 5.41) is 4.03. The number of pyridine rings is 2. The van der Waals surface area contributed by atoms with Crippen LogP contribution in [0.1, 0.15) is 41.9 Å². The number of nitrogens with zero attached hydrogens (tertiary/aromatic N) is 5. The second-order valence-corrected chi connectivity index (χ2v) is 8.35. The molecule has 0 fully saturated rings. The standard InChI is InChI=1S/C25H30F3N5O4/c1-6-7-36-8-9-37-23-21(35-5)11-18(12-30-23)19-10-16(2)22-20(31-19)14-33(24(22)34)17(3)13-32(29-4)15-25(26,27)28/h10-13H,4,6-9,14-15H2,1-3,5H3/b17-13+. The van der Waals surface area contributed by atoms with Crippen LogP contribution < -0.4 is 9.47 Å². The Morgan fingerprint density at radius 2 is 2.05 bits per heavy atom. The first-order chi connectivity index (χ1) is 17.6. The molecule has 200 valence electrons. The highest BCUT2D eigenvalue weighted by atomic mass is 19.4. The first-order valence-corrected chi connectivity index (χ1v) is 11.6. The Labute approximate surface area is 213 Å². The van der Waals surface area contributed by atoms with E-state index in [0.29, 0.717) is 64.5 Å². The van der Waals surface area contributed by atoms with Crippen molar-refractivity contribution < 1.29 is 32.2 Å². The smallest absolute Gasteiger partial charge is 0.408 e. The highest BCUT2D eigenvalue weighted by molar-refractivity contribution is 6.00. The molecule has 0 saturated heterocycles. The van der Waals surface area contributed by atoms with Gasteiger partial charge < -0.3 is 19.1 Å². The Kier molecular flexibility index (Phi) is 9.09. The van der Waals surface area contributed by atoms with Gasteiger partial charge in [0, 0.05) is 37.0 Å². The molecule has 0 atom stereocenters. The van der Waals surface area contributed by atoms with Crippen molar-refractivity contribution in [1.82, 2.24) is 19.9 Å². The molecule has 0 unspecified atom stereocenters. The summed E-state index contributed by atoms with van der Waals surface area (Å²) in [6.07, 6.45) is -0.808. The zero-order valence-electron chi connectivity index (χ0n) is 21.3. The fraction of sp³-hybridized carbons (Fsp3) is 0.440. The largest absolute Gasteiger partial charge is 0.491 e. The second kappa shape index (κ2) is 12.0. The zero-order valence-corrected chi connectivity index (χ0v) is 21.3. The van der Waals surface area contributed by atoms with E-state index in [4.69, 9.17) is 14.2 Å². The van der Waals surface area contributed by atoms with Gasteiger partial charge in [-0.25, -0.2) is 4.98 Å². The lowest BCUT2D eigenvalue weighted by Gasteiger charge is -2.21. The molecule has 1 aliphatic heterocycles. The van der Waals surface area contributed by atoms with Crippen LogP contribution in [0.3, 0.4) is 0 Å². The van der Waals surface area contributed by atoms with Crippen LogP contribution in [0.4, 0.5) is 13.2 Å². The van der Waals surface area contributed by atoms with E-state index < -0.39 is 12.7 Å². The van der Waals surface area contributed by atoms with Gasteiger partial charge in [-0.1, -0.05) is 6.92 Å². The van der Waals surface area contributed by atoms with E-state index in [0.717, 1.165) is 12.6 Å². The number of hydrazone groups is 1. The number of hydrogen-bond donors (Lipinski definition) is 0. The summed E-state index contributed by atoms with van der Waals surface area (Å²) in [4.78, 5) is 23.4. The molecule has 0 spiro atoms. The van der Waals surface area contributed by atoms with Crippen molar-refractivity contribution in [3.05, 3.63) is 47.0 Å². The van der Waals surface area contributed by atoms with E-state index in [-0.39, 0.29) is 18.1 Å². The molecule has 0 N–H and O–H groups in total. The van der Waals surface area contributed by atoms with Gasteiger partial charge in [0.05, 0.1) is 37.2 Å². The van der Waals surface area contributed by atoms with Gasteiger partial charge in [0.25, 0.3) is 11.8 Å². The van der Waals surface area contributed by atoms with Crippen molar-refractivity contribution in [3.63, 3.8) is 0 Å². The van der Waals surface area contributed by atoms with Crippen LogP contribution in [0.5, 0.6) is 11.6 Å². The fourth-order valence-corrected chi connectivity index (χ4v) is 3.81. The number of aryl methyl sites for hydroxylation is 1. The van der Waals surface area contributed by atoms with Crippen molar-refractivity contribution in [3.8, 4) is 22.9 Å². The zero-order chi connectivity index (χ0) is 27.2. The van der Waals surface area contributed by atoms with Crippen molar-refractivity contribution in [2.45, 2.75) is 39.9 Å². The predicted molar refractivity (Wildman–Crippen MR) is 131 cm³/mol. The molecule has 0 saturated carbocycles. The number of rotatable bonds is 12. The molecular weight excluding hydrogens is 491 g/mol. The number of hydrogen-bond acceptors (Lipinski definition) is 8. The number of alkyl halides is 3. The number of allylic oxidation sites excluding steroid dienone is 1. The topological polar surface area (TPSA) is 89.4 Å². The van der Waals surface area contributed by atoms with Crippen molar-refractivity contribution in [2.75, 3.05) is 33.5 Å². The van der Waals surface area contributed by atoms with Crippen LogP contribution in [0.25, 0.3) is 11.3 Å². The predicted octanol–water partition coefficient (Wildman–Crippen LogP) is 4.56. The molecule has 0 bridgehead atoms. The monoisotopic (exact) mass is 521 g/mol. The van der Waals surface area contributed by atoms with Crippen LogP contribution in [0, 0.1) is 6.92 Å². The van der Waals surface area contributed by atoms with Crippen molar-refractivity contribution >= 4 is 12.6 Å². The van der Waals surface area contributed by atoms with Crippen LogP contribution in [0.15, 0.2) is 35.3 Å². The van der Waals surface area contributed by atoms with Crippen molar-refractivity contribution in [1.29, 1.82) is 0 Å². The first kappa shape index (κ1) is 27.9. The Balaban J connectivity index is 1.82. The van der Waals surface area contributed by atoms with Gasteiger partial charge in [0.2, 0.25) is 0 Å². The molecule has 9 nitrogen and oxygen atoms in total. The normalized spacial score (nSPS) is 13.5. The third kappa shape index (κ3) is 6.97. The molecule has 37 heavy (non-hydrogen) atoms. The van der Waals surface area contributed by atoms with E-state index in [1.165, 1.54) is 18.9 Å². The van der Waals surface area contributed by atoms with E-state index in [1.807, 2.05) is 6.92 Å². The van der Waals surface area contributed by atoms with Gasteiger partial charge in [-0.3, -0.25) is 14.8 Å². The van der Waals surface area contributed by atoms with Crippen molar-refractivity contribution in [2.24, 2.45) is 5.10 Å². The van der Waals surface area contributed by atoms with Gasteiger partial charge in [-0.2, -0.15) is 18.3 Å². The van der Waals surface area contributed by atoms with E-state index >= 15 is 0 Å². The molecule has 0 aromatic carbocycles. The number of methoxy groups -OCH3 is 1. The van der Waals surface area contributed by atoms with Gasteiger partial charge in [-0.15, -0.1) is 0 Å². The maximum absolute atomic E-state index is 13.1. The summed E-state index contributed by atoms with van der Waals surface area (Å²) in [5.74, 6) is 0.401. The lowest BCUT2D eigenvalue weighted by atomic mass is 10.0. The molecule has 2 aromatic rings. The SMILES string of the molecule is C=NN(/C=C(\C)N1Cc2nc(-c3cnc(OCCOCCC)c(OC)c3)cc(C)c2C1=O)CC(F)(F)F. The minimum atomic E-state index is -4.47. The highest BCUT2D eigenvalue weighted by Gasteiger charge is 2.34. The number of carbonyl (C=O) groups excluding carboxylic acids is 1. The molecule has 1 amide bonds. The lowest BCUT2D eigenvalue weighted by Crippen LogP contribution is -2.29. The fourth-order valence-electron chi connectivity index (χ4n) is 3.81. The van der Waals surface area contributed by atoms with Crippen LogP contribution in [0.2, 0.25) is 0 Å². The highest BCUT2D eigenvalue weighted by Crippen LogP contribution is 2.33. The molecule has 3 heterocycles. The molecule has 1 aliphatic rings. The summed E-state index contributed by atoms with van der Waals surface area (Å²) in [7, 11) is 1.51. The Hall–Kier alpha value is -3.67. The molecule has 0 radical (unpaired) electrons. The van der Waals surface area contributed by atoms with Gasteiger partial charge >= 0.3 is 6.18 Å². The number of amides is 1. The molecule has 0 aliphatic carbocycles. The first-order valence-electron chi connectivity index (χ1n) is 11.6. The van der Waals surface area contributed by atoms with Gasteiger partial charge in [-0.05, 0) is 38.0 Å². The average Bonchev–Trinajstić information content (AvgIpc) is 3.19. The number of fused-ring (bicyclic) bond motifs is 1. The summed E-state index contributed by atoms with van der Waals surface area (Å²) in [6.45, 7) is 8.72. The van der Waals surface area contributed by atoms with E-state index in [1.54, 1.807) is 25.3 Å². The van der Waals surface area contributed by atoms with E-state index in [9.17, 15) is 18.0 Å². The summed E-state index contributed by atoms with van der Waals surface area (Å²) < 4.78 is 54.8. The minimum absolute atomic E-state index is 0.103. The molecular formula is C25H30F3N5O4. The molecule has 12 heteroatoms. The molecule has 2 aromatic heterocycles. The second-order valence-electron chi connectivity index (χ2n) is 8.35. The third-order valence-electron chi connectivity index (χ3n) is 5.49. The van der Waals surface area contributed by atoms with Crippen LogP contribution >= 0.6 is 0 Å². The van der Waals surface area contributed by atoms with E-state index in [2.05, 4.69) is 21.8 Å². The number of ether oxygens (including phenoxy) is 3. The Bertz CT molecular complexity index is 1170. The summed E-state index contributed by atoms with van der Waals surface area (Å²) in [6, 6.07) is 3.50. The maximum atomic E-state index is 13.1. The quantitative estimate of drug-likeness (QED) is 0.230. The average molecular weight is 522 g/mol. The lowest BCUT2D eigenvalue weighted by molar-refractivity contribution is -0.140. The van der Waals surface area contributed by atoms with Gasteiger partial charge in [0.15, 0.2) is 5.75 Å². The van der Waals surface area contributed by atoms with Crippen LogP contribution in [-0.2, 0) is 11.3 Å². The Morgan fingerprint density at radius 1 is 1.30 bits per heavy atom. The minimum Gasteiger partial charge on any atom is -0.491 e. The number of carbonyl (C=O) groups is 1. The summed E-state index contributed by atoms with van der Waals surface area (Å²) in [5.41, 5.74) is 3.12. The number of halogens is 3. The molecule has 3 rings (SSSR count). The summed E-state index contributed by atoms with van der Waals surface area (Å²) >= 11 is 0. The van der Waals surface area contributed by atoms with Gasteiger partial charge in [0.1, 0.15) is 13.2 Å². The van der Waals surface area contributed by atoms with Crippen LogP contribution in [-0.4, -0.2) is 72.2 Å². The Morgan fingerprint density at radius 3 is 2.70 bits per heavy atom. The maximum Gasteiger partial charge on any atom is 0.408 e.